The van der Waals surface area contributed by atoms with Gasteiger partial charge in [-0.1, -0.05) is 18.2 Å². The van der Waals surface area contributed by atoms with Crippen molar-refractivity contribution in [3.63, 3.8) is 0 Å². The van der Waals surface area contributed by atoms with Gasteiger partial charge in [-0.15, -0.1) is 0 Å². The molecule has 0 saturated carbocycles. The zero-order chi connectivity index (χ0) is 8.15. The van der Waals surface area contributed by atoms with E-state index >= 15 is 0 Å². The van der Waals surface area contributed by atoms with E-state index in [-0.39, 0.29) is 0 Å². The molecule has 0 amide bonds. The molecule has 10 heavy (non-hydrogen) atoms. The van der Waals surface area contributed by atoms with Crippen molar-refractivity contribution in [3.05, 3.63) is 11.6 Å². The maximum absolute atomic E-state index is 10.1. The molecule has 58 valence electrons. The average Bonchev–Trinajstić information content (AvgIpc) is 1.82. The van der Waals surface area contributed by atoms with E-state index in [1.165, 1.54) is 0 Å². The molecule has 0 rings (SSSR count). The second-order valence-electron chi connectivity index (χ2n) is 2.00. The summed E-state index contributed by atoms with van der Waals surface area (Å²) < 4.78 is 0. The van der Waals surface area contributed by atoms with Crippen LogP contribution in [0.2, 0.25) is 0 Å². The molecule has 0 fully saturated rings. The number of allylic oxidation sites excluding steroid dienone is 1. The Bertz CT molecular complexity index is 147. The third kappa shape index (κ3) is 4.35. The fourth-order valence-corrected chi connectivity index (χ4v) is 0.545. The van der Waals surface area contributed by atoms with Gasteiger partial charge in [-0.3, -0.25) is 4.79 Å². The van der Waals surface area contributed by atoms with Crippen molar-refractivity contribution in [2.75, 3.05) is 0 Å². The normalized spacial score (nSPS) is 12.6. The molecule has 0 heterocycles. The molecule has 3 nitrogen and oxygen atoms in total. The lowest BCUT2D eigenvalue weighted by atomic mass is 10.2. The number of rotatable bonds is 4. The van der Waals surface area contributed by atoms with E-state index in [9.17, 15) is 4.79 Å². The topological polar surface area (TPSA) is 63.3 Å². The Hall–Kier alpha value is -0.540. The lowest BCUT2D eigenvalue weighted by Gasteiger charge is -2.03. The van der Waals surface area contributed by atoms with E-state index < -0.39 is 12.0 Å². The number of carboxylic acids is 1. The van der Waals surface area contributed by atoms with Crippen LogP contribution in [0.5, 0.6) is 0 Å². The van der Waals surface area contributed by atoms with Gasteiger partial charge >= 0.3 is 5.97 Å². The van der Waals surface area contributed by atoms with Crippen LogP contribution in [-0.4, -0.2) is 17.1 Å². The predicted molar refractivity (Wildman–Crippen MR) is 39.8 cm³/mol. The summed E-state index contributed by atoms with van der Waals surface area (Å²) >= 11 is 5.38. The lowest BCUT2D eigenvalue weighted by molar-refractivity contribution is -0.138. The molecule has 0 aromatic carbocycles. The van der Waals surface area contributed by atoms with Crippen LogP contribution in [0.15, 0.2) is 11.6 Å². The van der Waals surface area contributed by atoms with Gasteiger partial charge in [0.25, 0.3) is 0 Å². The predicted octanol–water partition coefficient (Wildman–Crippen LogP) is 0.931. The zero-order valence-electron chi connectivity index (χ0n) is 5.51. The largest absolute Gasteiger partial charge is 0.480 e. The molecule has 0 aliphatic rings. The van der Waals surface area contributed by atoms with Crippen LogP contribution in [0.1, 0.15) is 12.8 Å². The summed E-state index contributed by atoms with van der Waals surface area (Å²) in [5.41, 5.74) is 5.17. The van der Waals surface area contributed by atoms with E-state index in [1.807, 2.05) is 0 Å². The molecule has 1 unspecified atom stereocenters. The van der Waals surface area contributed by atoms with Gasteiger partial charge in [0.15, 0.2) is 0 Å². The van der Waals surface area contributed by atoms with Gasteiger partial charge in [0.2, 0.25) is 0 Å². The quantitative estimate of drug-likeness (QED) is 0.648. The van der Waals surface area contributed by atoms with Gasteiger partial charge in [-0.05, 0) is 12.8 Å². The lowest BCUT2D eigenvalue weighted by Crippen LogP contribution is -2.29. The Morgan fingerprint density at radius 2 is 2.30 bits per heavy atom. The number of carbonyl (C=O) groups is 1. The van der Waals surface area contributed by atoms with E-state index in [1.54, 1.807) is 0 Å². The Kier molecular flexibility index (Phi) is 4.07. The van der Waals surface area contributed by atoms with Gasteiger partial charge in [0.1, 0.15) is 6.04 Å². The van der Waals surface area contributed by atoms with Crippen molar-refractivity contribution in [1.29, 1.82) is 0 Å². The van der Waals surface area contributed by atoms with Crippen LogP contribution in [0.25, 0.3) is 0 Å². The van der Waals surface area contributed by atoms with Crippen LogP contribution in [0.4, 0.5) is 0 Å². The molecular formula is C6H10ClNO2. The van der Waals surface area contributed by atoms with E-state index in [2.05, 4.69) is 6.58 Å². The number of hydrogen-bond donors (Lipinski definition) is 2. The molecule has 0 saturated heterocycles. The molecule has 0 aliphatic heterocycles. The minimum atomic E-state index is -1.00. The van der Waals surface area contributed by atoms with Crippen molar-refractivity contribution in [1.82, 2.24) is 0 Å². The highest BCUT2D eigenvalue weighted by Crippen LogP contribution is 2.07. The summed E-state index contributed by atoms with van der Waals surface area (Å²) in [5.74, 6) is -1.00. The molecular weight excluding hydrogens is 154 g/mol. The molecule has 0 bridgehead atoms. The summed E-state index contributed by atoms with van der Waals surface area (Å²) in [7, 11) is 0. The molecule has 0 spiro atoms. The summed E-state index contributed by atoms with van der Waals surface area (Å²) in [6.45, 7) is 3.40. The van der Waals surface area contributed by atoms with Gasteiger partial charge in [0.05, 0.1) is 0 Å². The third-order valence-electron chi connectivity index (χ3n) is 1.04. The zero-order valence-corrected chi connectivity index (χ0v) is 6.27. The van der Waals surface area contributed by atoms with E-state index in [0.717, 1.165) is 0 Å². The van der Waals surface area contributed by atoms with Crippen molar-refractivity contribution in [3.8, 4) is 0 Å². The number of carboxylic acid groups (broad SMARTS) is 1. The van der Waals surface area contributed by atoms with Crippen LogP contribution < -0.4 is 5.73 Å². The molecule has 0 aromatic heterocycles. The Morgan fingerprint density at radius 1 is 1.80 bits per heavy atom. The molecule has 4 heteroatoms. The standard InChI is InChI=1S/C6H10ClNO2/c1-4(7)2-3-5(8)6(9)10/h5H,1-3,8H2,(H,9,10). The number of halogens is 1. The minimum Gasteiger partial charge on any atom is -0.480 e. The third-order valence-corrected chi connectivity index (χ3v) is 1.23. The van der Waals surface area contributed by atoms with Gasteiger partial charge in [0, 0.05) is 5.03 Å². The first kappa shape index (κ1) is 9.46. The average molecular weight is 164 g/mol. The SMILES string of the molecule is C=C(Cl)CCC(N)C(=O)O. The second kappa shape index (κ2) is 4.30. The molecule has 0 aliphatic carbocycles. The molecule has 0 radical (unpaired) electrons. The highest BCUT2D eigenvalue weighted by molar-refractivity contribution is 6.29. The first-order valence-electron chi connectivity index (χ1n) is 2.85. The van der Waals surface area contributed by atoms with Gasteiger partial charge in [-0.25, -0.2) is 0 Å². The first-order chi connectivity index (χ1) is 4.54. The summed E-state index contributed by atoms with van der Waals surface area (Å²) in [4.78, 5) is 10.1. The number of hydrogen-bond acceptors (Lipinski definition) is 2. The number of aliphatic carboxylic acids is 1. The van der Waals surface area contributed by atoms with Crippen LogP contribution in [0, 0.1) is 0 Å². The Morgan fingerprint density at radius 3 is 2.60 bits per heavy atom. The van der Waals surface area contributed by atoms with Gasteiger partial charge in [-0.2, -0.15) is 0 Å². The Labute approximate surface area is 64.5 Å². The summed E-state index contributed by atoms with van der Waals surface area (Å²) in [6, 6.07) is -0.824. The van der Waals surface area contributed by atoms with Crippen molar-refractivity contribution in [2.45, 2.75) is 18.9 Å². The first-order valence-corrected chi connectivity index (χ1v) is 3.23. The fraction of sp³-hybridized carbons (Fsp3) is 0.500. The fourth-order valence-electron chi connectivity index (χ4n) is 0.436. The Balaban J connectivity index is 3.49. The van der Waals surface area contributed by atoms with Crippen LogP contribution >= 0.6 is 11.6 Å². The minimum absolute atomic E-state index is 0.345. The number of nitrogens with two attached hydrogens (primary N) is 1. The molecule has 1 atom stereocenters. The molecule has 3 N–H and O–H groups in total. The molecule has 0 aromatic rings. The van der Waals surface area contributed by atoms with Crippen LogP contribution in [-0.2, 0) is 4.79 Å². The van der Waals surface area contributed by atoms with Crippen molar-refractivity contribution >= 4 is 17.6 Å². The monoisotopic (exact) mass is 163 g/mol. The maximum atomic E-state index is 10.1. The summed E-state index contributed by atoms with van der Waals surface area (Å²) in [6.07, 6.45) is 0.798. The smallest absolute Gasteiger partial charge is 0.320 e. The van der Waals surface area contributed by atoms with Gasteiger partial charge < -0.3 is 10.8 Å². The maximum Gasteiger partial charge on any atom is 0.320 e. The van der Waals surface area contributed by atoms with Crippen LogP contribution in [0.3, 0.4) is 0 Å². The summed E-state index contributed by atoms with van der Waals surface area (Å²) in [5, 5.41) is 8.74. The van der Waals surface area contributed by atoms with E-state index in [0.29, 0.717) is 17.9 Å². The van der Waals surface area contributed by atoms with E-state index in [4.69, 9.17) is 22.4 Å². The van der Waals surface area contributed by atoms with Crippen molar-refractivity contribution < 1.29 is 9.90 Å². The highest BCUT2D eigenvalue weighted by Gasteiger charge is 2.10. The second-order valence-corrected chi connectivity index (χ2v) is 2.54. The van der Waals surface area contributed by atoms with Crippen molar-refractivity contribution in [2.24, 2.45) is 5.73 Å². The highest BCUT2D eigenvalue weighted by atomic mass is 35.5.